The van der Waals surface area contributed by atoms with Gasteiger partial charge in [-0.3, -0.25) is 4.79 Å². The first-order valence-corrected chi connectivity index (χ1v) is 8.73. The number of amides is 1. The third-order valence-corrected chi connectivity index (χ3v) is 4.13. The Labute approximate surface area is 160 Å². The van der Waals surface area contributed by atoms with E-state index in [9.17, 15) is 4.79 Å². The lowest BCUT2D eigenvalue weighted by molar-refractivity contribution is -0.128. The molecule has 0 bridgehead atoms. The predicted octanol–water partition coefficient (Wildman–Crippen LogP) is 4.06. The molecule has 1 heterocycles. The van der Waals surface area contributed by atoms with Crippen molar-refractivity contribution >= 4 is 12.0 Å². The molecule has 1 aromatic heterocycles. The standard InChI is InChI=1S/C21H27NO5/c1-14(2)22(13-17-9-7-15(3)27-17)20(23)10-8-16-11-18(24-4)21(26-6)19(12-16)25-5/h7-12,14H,13H2,1-6H3/b10-8+. The molecule has 0 aliphatic heterocycles. The Morgan fingerprint density at radius 2 is 1.74 bits per heavy atom. The first-order valence-electron chi connectivity index (χ1n) is 8.73. The Morgan fingerprint density at radius 3 is 2.19 bits per heavy atom. The van der Waals surface area contributed by atoms with Crippen molar-refractivity contribution in [1.82, 2.24) is 4.90 Å². The normalized spacial score (nSPS) is 11.1. The van der Waals surface area contributed by atoms with E-state index in [0.717, 1.165) is 17.1 Å². The molecule has 0 unspecified atom stereocenters. The number of rotatable bonds is 8. The maximum absolute atomic E-state index is 12.7. The molecule has 0 aliphatic rings. The van der Waals surface area contributed by atoms with Gasteiger partial charge in [0.25, 0.3) is 0 Å². The van der Waals surface area contributed by atoms with Gasteiger partial charge in [-0.05, 0) is 56.7 Å². The number of aryl methyl sites for hydroxylation is 1. The van der Waals surface area contributed by atoms with Crippen molar-refractivity contribution in [2.75, 3.05) is 21.3 Å². The van der Waals surface area contributed by atoms with E-state index in [-0.39, 0.29) is 11.9 Å². The van der Waals surface area contributed by atoms with Gasteiger partial charge in [0.1, 0.15) is 11.5 Å². The minimum Gasteiger partial charge on any atom is -0.493 e. The fourth-order valence-electron chi connectivity index (χ4n) is 2.71. The molecule has 146 valence electrons. The molecule has 0 saturated heterocycles. The topological polar surface area (TPSA) is 61.1 Å². The number of ether oxygens (including phenoxy) is 3. The van der Waals surface area contributed by atoms with Gasteiger partial charge in [-0.2, -0.15) is 0 Å². The number of methoxy groups -OCH3 is 3. The molecule has 0 spiro atoms. The molecule has 2 aromatic rings. The summed E-state index contributed by atoms with van der Waals surface area (Å²) in [7, 11) is 4.67. The average Bonchev–Trinajstić information content (AvgIpc) is 3.07. The summed E-state index contributed by atoms with van der Waals surface area (Å²) in [6.45, 7) is 6.25. The fraction of sp³-hybridized carbons (Fsp3) is 0.381. The van der Waals surface area contributed by atoms with Crippen LogP contribution < -0.4 is 14.2 Å². The molecule has 0 fully saturated rings. The van der Waals surface area contributed by atoms with E-state index >= 15 is 0 Å². The number of carbonyl (C=O) groups is 1. The molecule has 0 saturated carbocycles. The van der Waals surface area contributed by atoms with Crippen LogP contribution in [0.1, 0.15) is 30.9 Å². The van der Waals surface area contributed by atoms with Crippen LogP contribution in [0.5, 0.6) is 17.2 Å². The van der Waals surface area contributed by atoms with E-state index in [1.165, 1.54) is 6.08 Å². The van der Waals surface area contributed by atoms with E-state index in [1.807, 2.05) is 32.9 Å². The number of hydrogen-bond acceptors (Lipinski definition) is 5. The van der Waals surface area contributed by atoms with Crippen LogP contribution >= 0.6 is 0 Å². The van der Waals surface area contributed by atoms with Crippen LogP contribution in [0, 0.1) is 6.92 Å². The summed E-state index contributed by atoms with van der Waals surface area (Å²) in [5.41, 5.74) is 0.774. The van der Waals surface area contributed by atoms with Gasteiger partial charge in [-0.25, -0.2) is 0 Å². The predicted molar refractivity (Wildman–Crippen MR) is 104 cm³/mol. The van der Waals surface area contributed by atoms with E-state index in [4.69, 9.17) is 18.6 Å². The minimum atomic E-state index is -0.104. The largest absolute Gasteiger partial charge is 0.493 e. The number of carbonyl (C=O) groups excluding carboxylic acids is 1. The van der Waals surface area contributed by atoms with Crippen molar-refractivity contribution in [3.63, 3.8) is 0 Å². The summed E-state index contributed by atoms with van der Waals surface area (Å²) in [5.74, 6) is 3.07. The molecule has 1 amide bonds. The number of hydrogen-bond donors (Lipinski definition) is 0. The van der Waals surface area contributed by atoms with Gasteiger partial charge < -0.3 is 23.5 Å². The van der Waals surface area contributed by atoms with Gasteiger partial charge in [0.2, 0.25) is 11.7 Å². The molecule has 6 heteroatoms. The second kappa shape index (κ2) is 9.16. The summed E-state index contributed by atoms with van der Waals surface area (Å²) in [6, 6.07) is 7.40. The van der Waals surface area contributed by atoms with E-state index in [0.29, 0.717) is 23.8 Å². The van der Waals surface area contributed by atoms with Crippen LogP contribution in [0.25, 0.3) is 6.08 Å². The van der Waals surface area contributed by atoms with Crippen molar-refractivity contribution in [3.8, 4) is 17.2 Å². The minimum absolute atomic E-state index is 0.0347. The van der Waals surface area contributed by atoms with Crippen molar-refractivity contribution in [1.29, 1.82) is 0 Å². The van der Waals surface area contributed by atoms with Crippen LogP contribution in [0.4, 0.5) is 0 Å². The quantitative estimate of drug-likeness (QED) is 0.653. The molecule has 0 N–H and O–H groups in total. The summed E-state index contributed by atoms with van der Waals surface area (Å²) in [5, 5.41) is 0. The molecule has 1 aromatic carbocycles. The highest BCUT2D eigenvalue weighted by atomic mass is 16.5. The molecule has 6 nitrogen and oxygen atoms in total. The Balaban J connectivity index is 2.22. The third-order valence-electron chi connectivity index (χ3n) is 4.13. The Bertz CT molecular complexity index is 782. The fourth-order valence-corrected chi connectivity index (χ4v) is 2.71. The van der Waals surface area contributed by atoms with E-state index < -0.39 is 0 Å². The van der Waals surface area contributed by atoms with Crippen molar-refractivity contribution in [3.05, 3.63) is 47.4 Å². The smallest absolute Gasteiger partial charge is 0.247 e. The molecule has 0 radical (unpaired) electrons. The number of furan rings is 1. The van der Waals surface area contributed by atoms with E-state index in [2.05, 4.69) is 0 Å². The van der Waals surface area contributed by atoms with Gasteiger partial charge in [-0.1, -0.05) is 0 Å². The highest BCUT2D eigenvalue weighted by Crippen LogP contribution is 2.38. The average molecular weight is 373 g/mol. The van der Waals surface area contributed by atoms with Crippen LogP contribution in [0.3, 0.4) is 0 Å². The third kappa shape index (κ3) is 5.06. The summed E-state index contributed by atoms with van der Waals surface area (Å²) in [6.07, 6.45) is 3.27. The maximum Gasteiger partial charge on any atom is 0.247 e. The summed E-state index contributed by atoms with van der Waals surface area (Å²) < 4.78 is 21.6. The number of benzene rings is 1. The molecule has 2 rings (SSSR count). The van der Waals surface area contributed by atoms with Gasteiger partial charge in [0.15, 0.2) is 11.5 Å². The molecule has 27 heavy (non-hydrogen) atoms. The lowest BCUT2D eigenvalue weighted by Gasteiger charge is -2.24. The second-order valence-electron chi connectivity index (χ2n) is 6.36. The highest BCUT2D eigenvalue weighted by molar-refractivity contribution is 5.92. The SMILES string of the molecule is COc1cc(/C=C/C(=O)N(Cc2ccc(C)o2)C(C)C)cc(OC)c1OC. The zero-order chi connectivity index (χ0) is 20.0. The van der Waals surface area contributed by atoms with Crippen LogP contribution in [0.15, 0.2) is 34.8 Å². The molecular formula is C21H27NO5. The van der Waals surface area contributed by atoms with E-state index in [1.54, 1.807) is 44.4 Å². The van der Waals surface area contributed by atoms with Gasteiger partial charge in [0.05, 0.1) is 27.9 Å². The van der Waals surface area contributed by atoms with Gasteiger partial charge >= 0.3 is 0 Å². The first-order chi connectivity index (χ1) is 12.9. The van der Waals surface area contributed by atoms with Crippen LogP contribution in [0.2, 0.25) is 0 Å². The van der Waals surface area contributed by atoms with Crippen molar-refractivity contribution in [2.45, 2.75) is 33.4 Å². The van der Waals surface area contributed by atoms with Crippen LogP contribution in [-0.4, -0.2) is 38.2 Å². The Morgan fingerprint density at radius 1 is 1.11 bits per heavy atom. The van der Waals surface area contributed by atoms with Gasteiger partial charge in [0, 0.05) is 12.1 Å². The Hall–Kier alpha value is -2.89. The zero-order valence-electron chi connectivity index (χ0n) is 16.7. The molecule has 0 atom stereocenters. The number of nitrogens with zero attached hydrogens (tertiary/aromatic N) is 1. The van der Waals surface area contributed by atoms with Gasteiger partial charge in [-0.15, -0.1) is 0 Å². The van der Waals surface area contributed by atoms with Crippen LogP contribution in [-0.2, 0) is 11.3 Å². The van der Waals surface area contributed by atoms with Crippen molar-refractivity contribution < 1.29 is 23.4 Å². The summed E-state index contributed by atoms with van der Waals surface area (Å²) >= 11 is 0. The first kappa shape index (κ1) is 20.4. The molecular weight excluding hydrogens is 346 g/mol. The maximum atomic E-state index is 12.7. The molecule has 0 aliphatic carbocycles. The highest BCUT2D eigenvalue weighted by Gasteiger charge is 2.17. The zero-order valence-corrected chi connectivity index (χ0v) is 16.7. The lowest BCUT2D eigenvalue weighted by atomic mass is 10.1. The summed E-state index contributed by atoms with van der Waals surface area (Å²) in [4.78, 5) is 14.5. The lowest BCUT2D eigenvalue weighted by Crippen LogP contribution is -2.35. The van der Waals surface area contributed by atoms with Crippen molar-refractivity contribution in [2.24, 2.45) is 0 Å². The Kier molecular flexibility index (Phi) is 6.93. The second-order valence-corrected chi connectivity index (χ2v) is 6.36. The monoisotopic (exact) mass is 373 g/mol.